The summed E-state index contributed by atoms with van der Waals surface area (Å²) in [6.45, 7) is 0. The summed E-state index contributed by atoms with van der Waals surface area (Å²) in [7, 11) is 0. The number of hydrogen-bond donors (Lipinski definition) is 1. The van der Waals surface area contributed by atoms with Crippen LogP contribution in [0.25, 0.3) is 16.9 Å². The van der Waals surface area contributed by atoms with Gasteiger partial charge in [-0.05, 0) is 42.5 Å². The number of para-hydroxylation sites is 1. The molecule has 0 saturated carbocycles. The third-order valence-electron chi connectivity index (χ3n) is 4.62. The molecule has 31 heavy (non-hydrogen) atoms. The second kappa shape index (κ2) is 8.58. The zero-order chi connectivity index (χ0) is 21.8. The number of carbonyl (C=O) groups excluding carboxylic acids is 1. The van der Waals surface area contributed by atoms with Gasteiger partial charge in [-0.1, -0.05) is 24.3 Å². The highest BCUT2D eigenvalue weighted by molar-refractivity contribution is 5.93. The van der Waals surface area contributed by atoms with Gasteiger partial charge in [0.05, 0.1) is 22.7 Å². The molecule has 0 unspecified atom stereocenters. The highest BCUT2D eigenvalue weighted by atomic mass is 19.1. The number of non-ortho nitro benzene ring substituents is 1. The predicted molar refractivity (Wildman–Crippen MR) is 114 cm³/mol. The minimum atomic E-state index is -0.473. The van der Waals surface area contributed by atoms with Crippen molar-refractivity contribution in [1.29, 1.82) is 0 Å². The van der Waals surface area contributed by atoms with Crippen LogP contribution in [0.5, 0.6) is 0 Å². The number of hydrogen-bond acceptors (Lipinski definition) is 4. The molecule has 0 saturated heterocycles. The van der Waals surface area contributed by atoms with Crippen molar-refractivity contribution in [3.05, 3.63) is 107 Å². The lowest BCUT2D eigenvalue weighted by atomic mass is 10.1. The number of carbonyl (C=O) groups is 1. The van der Waals surface area contributed by atoms with Gasteiger partial charge in [-0.25, -0.2) is 9.07 Å². The number of halogens is 1. The van der Waals surface area contributed by atoms with E-state index >= 15 is 0 Å². The lowest BCUT2D eigenvalue weighted by Crippen LogP contribution is -2.14. The second-order valence-electron chi connectivity index (χ2n) is 6.82. The van der Waals surface area contributed by atoms with E-state index < -0.39 is 10.7 Å². The third-order valence-corrected chi connectivity index (χ3v) is 4.62. The molecule has 1 N–H and O–H groups in total. The van der Waals surface area contributed by atoms with Crippen LogP contribution in [0.3, 0.4) is 0 Å². The van der Waals surface area contributed by atoms with Gasteiger partial charge >= 0.3 is 0 Å². The Morgan fingerprint density at radius 2 is 1.77 bits per heavy atom. The maximum atomic E-state index is 13.4. The molecule has 0 aliphatic heterocycles. The molecule has 1 heterocycles. The third kappa shape index (κ3) is 4.64. The second-order valence-corrected chi connectivity index (χ2v) is 6.82. The van der Waals surface area contributed by atoms with Gasteiger partial charge < -0.3 is 5.32 Å². The molecular formula is C23H17FN4O3. The Bertz CT molecular complexity index is 1240. The average molecular weight is 416 g/mol. The number of rotatable bonds is 6. The highest BCUT2D eigenvalue weighted by Gasteiger charge is 2.17. The number of nitro groups is 1. The molecular weight excluding hydrogens is 399 g/mol. The van der Waals surface area contributed by atoms with Gasteiger partial charge in [0.1, 0.15) is 5.82 Å². The van der Waals surface area contributed by atoms with E-state index in [1.54, 1.807) is 29.1 Å². The van der Waals surface area contributed by atoms with E-state index in [1.807, 2.05) is 30.3 Å². The minimum Gasteiger partial charge on any atom is -0.326 e. The Morgan fingerprint density at radius 1 is 1.03 bits per heavy atom. The fraction of sp³-hybridized carbons (Fsp3) is 0.0435. The van der Waals surface area contributed by atoms with Crippen molar-refractivity contribution in [2.24, 2.45) is 0 Å². The number of benzene rings is 3. The van der Waals surface area contributed by atoms with Crippen LogP contribution >= 0.6 is 0 Å². The maximum absolute atomic E-state index is 13.4. The van der Waals surface area contributed by atoms with E-state index in [4.69, 9.17) is 0 Å². The molecule has 8 heteroatoms. The molecule has 1 amide bonds. The van der Waals surface area contributed by atoms with Crippen molar-refractivity contribution in [3.63, 3.8) is 0 Å². The van der Waals surface area contributed by atoms with Crippen molar-refractivity contribution in [2.75, 3.05) is 5.32 Å². The fourth-order valence-corrected chi connectivity index (χ4v) is 3.18. The van der Waals surface area contributed by atoms with Gasteiger partial charge in [-0.2, -0.15) is 5.10 Å². The van der Waals surface area contributed by atoms with Gasteiger partial charge in [-0.3, -0.25) is 14.9 Å². The predicted octanol–water partition coefficient (Wildman–Crippen LogP) is 4.77. The molecule has 3 aromatic carbocycles. The Balaban J connectivity index is 1.67. The molecule has 0 bridgehead atoms. The van der Waals surface area contributed by atoms with Crippen molar-refractivity contribution in [1.82, 2.24) is 9.78 Å². The van der Waals surface area contributed by atoms with E-state index in [9.17, 15) is 19.3 Å². The van der Waals surface area contributed by atoms with Crippen LogP contribution in [0.2, 0.25) is 0 Å². The zero-order valence-electron chi connectivity index (χ0n) is 16.2. The van der Waals surface area contributed by atoms with Crippen molar-refractivity contribution >= 4 is 17.3 Å². The zero-order valence-corrected chi connectivity index (χ0v) is 16.2. The first-order valence-corrected chi connectivity index (χ1v) is 9.44. The molecule has 0 fully saturated rings. The van der Waals surface area contributed by atoms with Crippen LogP contribution in [-0.2, 0) is 11.2 Å². The summed E-state index contributed by atoms with van der Waals surface area (Å²) in [5.41, 5.74) is 2.95. The first-order chi connectivity index (χ1) is 15.0. The Kier molecular flexibility index (Phi) is 5.53. The molecule has 7 nitrogen and oxygen atoms in total. The molecule has 1 aromatic heterocycles. The van der Waals surface area contributed by atoms with Gasteiger partial charge in [0, 0.05) is 35.1 Å². The van der Waals surface area contributed by atoms with Crippen LogP contribution in [0, 0.1) is 15.9 Å². The summed E-state index contributed by atoms with van der Waals surface area (Å²) >= 11 is 0. The van der Waals surface area contributed by atoms with E-state index in [-0.39, 0.29) is 18.0 Å². The summed E-state index contributed by atoms with van der Waals surface area (Å²) in [6.07, 6.45) is 1.74. The molecule has 0 aliphatic rings. The highest BCUT2D eigenvalue weighted by Crippen LogP contribution is 2.26. The summed E-state index contributed by atoms with van der Waals surface area (Å²) in [6, 6.07) is 21.0. The first-order valence-electron chi connectivity index (χ1n) is 9.44. The van der Waals surface area contributed by atoms with Gasteiger partial charge in [0.25, 0.3) is 5.69 Å². The Morgan fingerprint density at radius 3 is 2.45 bits per heavy atom. The van der Waals surface area contributed by atoms with E-state index in [0.717, 1.165) is 5.69 Å². The van der Waals surface area contributed by atoms with Crippen LogP contribution < -0.4 is 5.32 Å². The normalized spacial score (nSPS) is 10.6. The van der Waals surface area contributed by atoms with E-state index in [2.05, 4.69) is 10.4 Å². The minimum absolute atomic E-state index is 0.00430. The summed E-state index contributed by atoms with van der Waals surface area (Å²) in [5.74, 6) is -0.775. The molecule has 4 aromatic rings. The van der Waals surface area contributed by atoms with Crippen LogP contribution in [0.1, 0.15) is 5.56 Å². The molecule has 0 radical (unpaired) electrons. The molecule has 154 valence electrons. The SMILES string of the molecule is O=C(Cc1cn(-c2ccccc2)nc1-c1ccc([N+](=O)[O-])cc1)Nc1cccc(F)c1. The topological polar surface area (TPSA) is 90.1 Å². The van der Waals surface area contributed by atoms with Gasteiger partial charge in [-0.15, -0.1) is 0 Å². The molecule has 0 aliphatic carbocycles. The van der Waals surface area contributed by atoms with Crippen molar-refractivity contribution in [3.8, 4) is 16.9 Å². The monoisotopic (exact) mass is 416 g/mol. The summed E-state index contributed by atoms with van der Waals surface area (Å²) < 4.78 is 15.1. The smallest absolute Gasteiger partial charge is 0.269 e. The number of nitrogens with zero attached hydrogens (tertiary/aromatic N) is 3. The van der Waals surface area contributed by atoms with E-state index in [0.29, 0.717) is 22.5 Å². The van der Waals surface area contributed by atoms with E-state index in [1.165, 1.54) is 30.3 Å². The standard InChI is InChI=1S/C23H17FN4O3/c24-18-5-4-6-19(14-18)25-22(29)13-17-15-27(20-7-2-1-3-8-20)26-23(17)16-9-11-21(12-10-16)28(30)31/h1-12,14-15H,13H2,(H,25,29). The lowest BCUT2D eigenvalue weighted by Gasteiger charge is -2.06. The summed E-state index contributed by atoms with van der Waals surface area (Å²) in [5, 5.41) is 18.2. The number of nitrogens with one attached hydrogen (secondary N) is 1. The van der Waals surface area contributed by atoms with Crippen molar-refractivity contribution < 1.29 is 14.1 Å². The number of nitro benzene ring substituents is 1. The Labute approximate surface area is 176 Å². The van der Waals surface area contributed by atoms with Crippen LogP contribution in [-0.4, -0.2) is 20.6 Å². The Hall–Kier alpha value is -4.33. The first kappa shape index (κ1) is 20.0. The molecule has 4 rings (SSSR count). The number of aromatic nitrogens is 2. The largest absolute Gasteiger partial charge is 0.326 e. The van der Waals surface area contributed by atoms with Gasteiger partial charge in [0.2, 0.25) is 5.91 Å². The quantitative estimate of drug-likeness (QED) is 0.362. The maximum Gasteiger partial charge on any atom is 0.269 e. The molecule has 0 spiro atoms. The average Bonchev–Trinajstić information content (AvgIpc) is 3.18. The van der Waals surface area contributed by atoms with Gasteiger partial charge in [0.15, 0.2) is 0 Å². The van der Waals surface area contributed by atoms with Crippen LogP contribution in [0.15, 0.2) is 85.1 Å². The lowest BCUT2D eigenvalue weighted by molar-refractivity contribution is -0.384. The summed E-state index contributed by atoms with van der Waals surface area (Å²) in [4.78, 5) is 23.1. The number of amides is 1. The van der Waals surface area contributed by atoms with Crippen molar-refractivity contribution in [2.45, 2.75) is 6.42 Å². The fourth-order valence-electron chi connectivity index (χ4n) is 3.18. The molecule has 0 atom stereocenters. The number of anilines is 1. The van der Waals surface area contributed by atoms with Crippen LogP contribution in [0.4, 0.5) is 15.8 Å².